The van der Waals surface area contributed by atoms with Crippen molar-refractivity contribution < 1.29 is 37.2 Å². The molecule has 2 bridgehead atoms. The van der Waals surface area contributed by atoms with Crippen molar-refractivity contribution in [3.63, 3.8) is 0 Å². The van der Waals surface area contributed by atoms with Gasteiger partial charge in [-0.1, -0.05) is 26.0 Å². The van der Waals surface area contributed by atoms with Crippen LogP contribution >= 0.6 is 0 Å². The molecule has 0 radical (unpaired) electrons. The Balaban J connectivity index is 1.60. The fourth-order valence-corrected chi connectivity index (χ4v) is 6.15. The van der Waals surface area contributed by atoms with E-state index in [0.717, 1.165) is 19.3 Å². The molecule has 4 unspecified atom stereocenters. The molecule has 5 N–H and O–H groups in total. The van der Waals surface area contributed by atoms with Gasteiger partial charge in [-0.15, -0.1) is 0 Å². The third kappa shape index (κ3) is 8.17. The number of aliphatic hydroxyl groups is 1. The quantitative estimate of drug-likeness (QED) is 0.197. The molecule has 1 aliphatic heterocycles. The van der Waals surface area contributed by atoms with Crippen LogP contribution < -0.4 is 16.0 Å². The summed E-state index contributed by atoms with van der Waals surface area (Å²) in [7, 11) is -4.91. The van der Waals surface area contributed by atoms with Crippen molar-refractivity contribution in [3.05, 3.63) is 12.2 Å². The monoisotopic (exact) mass is 529 g/mol. The highest BCUT2D eigenvalue weighted by Gasteiger charge is 2.38. The van der Waals surface area contributed by atoms with Gasteiger partial charge in [-0.3, -0.25) is 14.1 Å². The fraction of sp³-hybridized carbons (Fsp3) is 0.792. The molecule has 2 fully saturated rings. The molecular weight excluding hydrogens is 490 g/mol. The minimum Gasteiger partial charge on any atom is -0.449 e. The number of hydrogen-bond donors (Lipinski definition) is 5. The standard InChI is InChI=1S/C24H39N3O8S/c1-14(2)8-19(27-24(31)35-13-17-10-15-4-3-5-16(9-15)11-17)22(29)26-20(23(30)36(32,33)34)12-18-6-7-25-21(18)28/h3-4,14-20,23,30H,5-13H2,1-2H3,(H,25,28)(H,26,29)(H,27,31)(H,32,33,34)/t15?,16?,17?,18-,19+,20+,23?/m1/s1. The summed E-state index contributed by atoms with van der Waals surface area (Å²) in [6, 6.07) is -2.50. The molecule has 1 heterocycles. The van der Waals surface area contributed by atoms with Crippen LogP contribution in [0.25, 0.3) is 0 Å². The Bertz CT molecular complexity index is 938. The van der Waals surface area contributed by atoms with Crippen molar-refractivity contribution in [2.24, 2.45) is 29.6 Å². The molecule has 11 nitrogen and oxygen atoms in total. The molecule has 0 spiro atoms. The molecule has 36 heavy (non-hydrogen) atoms. The van der Waals surface area contributed by atoms with Gasteiger partial charge in [0.1, 0.15) is 6.04 Å². The van der Waals surface area contributed by atoms with Crippen molar-refractivity contribution in [1.82, 2.24) is 16.0 Å². The number of fused-ring (bicyclic) bond motifs is 2. The predicted octanol–water partition coefficient (Wildman–Crippen LogP) is 1.34. The molecule has 3 aliphatic rings. The van der Waals surface area contributed by atoms with Gasteiger partial charge in [0.05, 0.1) is 12.6 Å². The zero-order valence-electron chi connectivity index (χ0n) is 20.9. The summed E-state index contributed by atoms with van der Waals surface area (Å²) in [5.41, 5.74) is -2.32. The Hall–Kier alpha value is -2.18. The van der Waals surface area contributed by atoms with E-state index in [9.17, 15) is 32.5 Å². The average Bonchev–Trinajstić information content (AvgIpc) is 3.19. The van der Waals surface area contributed by atoms with Gasteiger partial charge in [-0.25, -0.2) is 4.79 Å². The normalized spacial score (nSPS) is 28.2. The second-order valence-electron chi connectivity index (χ2n) is 10.8. The molecule has 0 aromatic heterocycles. The van der Waals surface area contributed by atoms with Crippen molar-refractivity contribution in [1.29, 1.82) is 0 Å². The lowest BCUT2D eigenvalue weighted by molar-refractivity contribution is -0.126. The first-order valence-corrected chi connectivity index (χ1v) is 14.2. The lowest BCUT2D eigenvalue weighted by Crippen LogP contribution is -2.55. The largest absolute Gasteiger partial charge is 0.449 e. The van der Waals surface area contributed by atoms with Crippen molar-refractivity contribution >= 4 is 28.0 Å². The highest BCUT2D eigenvalue weighted by Crippen LogP contribution is 2.39. The molecule has 2 aliphatic carbocycles. The lowest BCUT2D eigenvalue weighted by Gasteiger charge is -2.35. The summed E-state index contributed by atoms with van der Waals surface area (Å²) in [4.78, 5) is 37.6. The van der Waals surface area contributed by atoms with Crippen molar-refractivity contribution in [3.8, 4) is 0 Å². The van der Waals surface area contributed by atoms with Gasteiger partial charge in [-0.2, -0.15) is 8.42 Å². The topological polar surface area (TPSA) is 171 Å². The van der Waals surface area contributed by atoms with Crippen LogP contribution in [0, 0.1) is 29.6 Å². The summed E-state index contributed by atoms with van der Waals surface area (Å²) >= 11 is 0. The Morgan fingerprint density at radius 2 is 1.97 bits per heavy atom. The van der Waals surface area contributed by atoms with Gasteiger partial charge in [0, 0.05) is 12.5 Å². The van der Waals surface area contributed by atoms with Gasteiger partial charge in [0.2, 0.25) is 17.3 Å². The van der Waals surface area contributed by atoms with E-state index in [1.165, 1.54) is 6.42 Å². The average molecular weight is 530 g/mol. The molecule has 0 aromatic rings. The Morgan fingerprint density at radius 3 is 2.58 bits per heavy atom. The van der Waals surface area contributed by atoms with E-state index in [1.807, 2.05) is 13.8 Å². The van der Waals surface area contributed by atoms with E-state index in [4.69, 9.17) is 4.74 Å². The summed E-state index contributed by atoms with van der Waals surface area (Å²) in [6.45, 7) is 4.36. The van der Waals surface area contributed by atoms with Crippen LogP contribution in [0.1, 0.15) is 58.8 Å². The molecule has 204 valence electrons. The Kier molecular flexibility index (Phi) is 9.76. The molecule has 3 rings (SSSR count). The molecule has 1 saturated carbocycles. The van der Waals surface area contributed by atoms with E-state index in [-0.39, 0.29) is 37.2 Å². The molecule has 0 aromatic carbocycles. The number of rotatable bonds is 11. The SMILES string of the molecule is CC(C)C[C@H](NC(=O)OCC1CC2C=CCC(C2)C1)C(=O)N[C@@H](C[C@H]1CCNC1=O)C(O)S(=O)(=O)O. The first-order valence-electron chi connectivity index (χ1n) is 12.7. The zero-order valence-corrected chi connectivity index (χ0v) is 21.7. The number of allylic oxidation sites excluding steroid dienone is 2. The summed E-state index contributed by atoms with van der Waals surface area (Å²) in [5.74, 6) is -0.300. The van der Waals surface area contributed by atoms with Gasteiger partial charge in [0.15, 0.2) is 0 Å². The van der Waals surface area contributed by atoms with Gasteiger partial charge in [-0.05, 0) is 68.6 Å². The number of aliphatic hydroxyl groups excluding tert-OH is 1. The highest BCUT2D eigenvalue weighted by atomic mass is 32.2. The molecular formula is C24H39N3O8S. The van der Waals surface area contributed by atoms with E-state index < -0.39 is 45.6 Å². The van der Waals surface area contributed by atoms with Gasteiger partial charge < -0.3 is 25.8 Å². The number of hydrogen-bond acceptors (Lipinski definition) is 7. The third-order valence-electron chi connectivity index (χ3n) is 7.26. The number of carbonyl (C=O) groups is 3. The van der Waals surface area contributed by atoms with Crippen LogP contribution in [0.15, 0.2) is 12.2 Å². The maximum atomic E-state index is 13.1. The molecule has 3 amide bonds. The van der Waals surface area contributed by atoms with E-state index in [1.54, 1.807) is 0 Å². The van der Waals surface area contributed by atoms with Crippen LogP contribution in [0.5, 0.6) is 0 Å². The third-order valence-corrected chi connectivity index (χ3v) is 8.20. The minimum absolute atomic E-state index is 0.00360. The predicted molar refractivity (Wildman–Crippen MR) is 131 cm³/mol. The summed E-state index contributed by atoms with van der Waals surface area (Å²) < 4.78 is 38.0. The van der Waals surface area contributed by atoms with Crippen LogP contribution in [0.4, 0.5) is 4.79 Å². The first-order chi connectivity index (χ1) is 16.9. The van der Waals surface area contributed by atoms with E-state index >= 15 is 0 Å². The molecule has 1 saturated heterocycles. The van der Waals surface area contributed by atoms with Crippen molar-refractivity contribution in [2.45, 2.75) is 76.3 Å². The number of amides is 3. The number of ether oxygens (including phenoxy) is 1. The summed E-state index contributed by atoms with van der Waals surface area (Å²) in [6.07, 6.45) is 8.35. The summed E-state index contributed by atoms with van der Waals surface area (Å²) in [5, 5.41) is 17.8. The highest BCUT2D eigenvalue weighted by molar-refractivity contribution is 7.86. The minimum atomic E-state index is -4.91. The second kappa shape index (κ2) is 12.4. The van der Waals surface area contributed by atoms with Crippen LogP contribution in [-0.2, 0) is 24.4 Å². The Morgan fingerprint density at radius 1 is 1.22 bits per heavy atom. The molecule has 12 heteroatoms. The van der Waals surface area contributed by atoms with Crippen LogP contribution in [0.2, 0.25) is 0 Å². The fourth-order valence-electron chi connectivity index (χ4n) is 5.56. The number of carbonyl (C=O) groups excluding carboxylic acids is 3. The van der Waals surface area contributed by atoms with E-state index in [2.05, 4.69) is 28.1 Å². The van der Waals surface area contributed by atoms with Crippen LogP contribution in [0.3, 0.4) is 0 Å². The van der Waals surface area contributed by atoms with Crippen molar-refractivity contribution in [2.75, 3.05) is 13.2 Å². The first kappa shape index (κ1) is 28.4. The smallest absolute Gasteiger partial charge is 0.407 e. The number of alkyl carbamates (subject to hydrolysis) is 1. The lowest BCUT2D eigenvalue weighted by atomic mass is 9.71. The van der Waals surface area contributed by atoms with Crippen LogP contribution in [-0.4, -0.2) is 66.7 Å². The van der Waals surface area contributed by atoms with E-state index in [0.29, 0.717) is 24.8 Å². The number of nitrogens with one attached hydrogen (secondary N) is 3. The molecule has 7 atom stereocenters. The second-order valence-corrected chi connectivity index (χ2v) is 12.3. The zero-order chi connectivity index (χ0) is 26.5. The Labute approximate surface area is 212 Å². The van der Waals surface area contributed by atoms with Gasteiger partial charge >= 0.3 is 6.09 Å². The maximum Gasteiger partial charge on any atom is 0.407 e. The maximum absolute atomic E-state index is 13.1. The van der Waals surface area contributed by atoms with Gasteiger partial charge in [0.25, 0.3) is 10.1 Å².